The van der Waals surface area contributed by atoms with Crippen LogP contribution in [0.25, 0.3) is 11.3 Å². The number of hydrogen-bond acceptors (Lipinski definition) is 4. The van der Waals surface area contributed by atoms with Gasteiger partial charge in [0.25, 0.3) is 0 Å². The average molecular weight is 440 g/mol. The van der Waals surface area contributed by atoms with E-state index in [0.29, 0.717) is 16.4 Å². The van der Waals surface area contributed by atoms with Gasteiger partial charge < -0.3 is 9.47 Å². The zero-order valence-electron chi connectivity index (χ0n) is 17.9. The highest BCUT2D eigenvalue weighted by Gasteiger charge is 2.25. The van der Waals surface area contributed by atoms with E-state index in [4.69, 9.17) is 21.1 Å². The molecule has 0 amide bonds. The normalized spacial score (nSPS) is 10.9. The maximum absolute atomic E-state index is 13.2. The van der Waals surface area contributed by atoms with E-state index in [1.807, 2.05) is 62.4 Å². The molecule has 0 bridgehead atoms. The van der Waals surface area contributed by atoms with Crippen LogP contribution in [0.4, 0.5) is 4.79 Å². The zero-order chi connectivity index (χ0) is 22.4. The van der Waals surface area contributed by atoms with E-state index >= 15 is 0 Å². The van der Waals surface area contributed by atoms with Crippen LogP contribution in [0.1, 0.15) is 43.5 Å². The molecule has 1 heterocycles. The van der Waals surface area contributed by atoms with Crippen molar-refractivity contribution in [1.29, 1.82) is 0 Å². The molecular weight excluding hydrogens is 414 g/mol. The number of carbonyl (C=O) groups excluding carboxylic acids is 2. The third-order valence-corrected chi connectivity index (χ3v) is 5.16. The summed E-state index contributed by atoms with van der Waals surface area (Å²) < 4.78 is 12.3. The van der Waals surface area contributed by atoms with Gasteiger partial charge in [-0.25, -0.2) is 9.36 Å². The average Bonchev–Trinajstić information content (AvgIpc) is 3.13. The van der Waals surface area contributed by atoms with Gasteiger partial charge in [-0.3, -0.25) is 4.79 Å². The van der Waals surface area contributed by atoms with Gasteiger partial charge in [0.05, 0.1) is 18.7 Å². The molecule has 2 aromatic carbocycles. The van der Waals surface area contributed by atoms with E-state index in [0.717, 1.165) is 16.7 Å². The van der Waals surface area contributed by atoms with Gasteiger partial charge in [0.1, 0.15) is 6.61 Å². The van der Waals surface area contributed by atoms with Crippen LogP contribution < -0.4 is 0 Å². The summed E-state index contributed by atoms with van der Waals surface area (Å²) in [4.78, 5) is 25.6. The second-order valence-corrected chi connectivity index (χ2v) is 7.89. The van der Waals surface area contributed by atoms with Gasteiger partial charge in [0, 0.05) is 10.7 Å². The van der Waals surface area contributed by atoms with Gasteiger partial charge in [-0.2, -0.15) is 0 Å². The highest BCUT2D eigenvalue weighted by Crippen LogP contribution is 2.32. The van der Waals surface area contributed by atoms with Crippen molar-refractivity contribution in [3.05, 3.63) is 82.5 Å². The van der Waals surface area contributed by atoms with Crippen molar-refractivity contribution >= 4 is 23.7 Å². The molecule has 0 unspecified atom stereocenters. The van der Waals surface area contributed by atoms with Crippen molar-refractivity contribution in [2.45, 2.75) is 39.7 Å². The van der Waals surface area contributed by atoms with Crippen molar-refractivity contribution in [3.63, 3.8) is 0 Å². The minimum atomic E-state index is -0.542. The number of hydrogen-bond donors (Lipinski definition) is 0. The SMILES string of the molecule is CCOC(=O)Cc1c(C(C)C)cc(-c2ccc(Cl)cc2)n1C(=O)OCc1ccccc1. The molecule has 0 fully saturated rings. The van der Waals surface area contributed by atoms with Gasteiger partial charge in [0.2, 0.25) is 0 Å². The quantitative estimate of drug-likeness (QED) is 0.410. The molecule has 31 heavy (non-hydrogen) atoms. The molecule has 5 nitrogen and oxygen atoms in total. The third kappa shape index (κ3) is 5.56. The predicted octanol–water partition coefficient (Wildman–Crippen LogP) is 6.22. The Labute approximate surface area is 187 Å². The lowest BCUT2D eigenvalue weighted by molar-refractivity contribution is -0.142. The molecule has 0 atom stereocenters. The first kappa shape index (κ1) is 22.6. The number of esters is 1. The second kappa shape index (κ2) is 10.3. The third-order valence-electron chi connectivity index (χ3n) is 4.90. The number of nitrogens with zero attached hydrogens (tertiary/aromatic N) is 1. The summed E-state index contributed by atoms with van der Waals surface area (Å²) in [6.07, 6.45) is -0.560. The molecule has 0 aliphatic carbocycles. The molecular formula is C25H26ClNO4. The van der Waals surface area contributed by atoms with Crippen molar-refractivity contribution in [1.82, 2.24) is 4.57 Å². The molecule has 6 heteroatoms. The number of rotatable bonds is 7. The van der Waals surface area contributed by atoms with E-state index in [9.17, 15) is 9.59 Å². The first-order valence-electron chi connectivity index (χ1n) is 10.3. The van der Waals surface area contributed by atoms with Crippen molar-refractivity contribution in [2.24, 2.45) is 0 Å². The summed E-state index contributed by atoms with van der Waals surface area (Å²) in [5.74, 6) is -0.291. The Hall–Kier alpha value is -3.05. The summed E-state index contributed by atoms with van der Waals surface area (Å²) >= 11 is 6.05. The lowest BCUT2D eigenvalue weighted by atomic mass is 10.0. The van der Waals surface area contributed by atoms with E-state index in [1.165, 1.54) is 4.57 Å². The minimum Gasteiger partial charge on any atom is -0.466 e. The van der Waals surface area contributed by atoms with Gasteiger partial charge in [-0.1, -0.05) is 67.9 Å². The Balaban J connectivity index is 2.05. The number of carbonyl (C=O) groups is 2. The van der Waals surface area contributed by atoms with Crippen LogP contribution in [0.3, 0.4) is 0 Å². The van der Waals surface area contributed by atoms with Crippen molar-refractivity contribution < 1.29 is 19.1 Å². The fourth-order valence-electron chi connectivity index (χ4n) is 3.42. The molecule has 0 radical (unpaired) electrons. The van der Waals surface area contributed by atoms with Crippen LogP contribution in [0, 0.1) is 0 Å². The topological polar surface area (TPSA) is 57.5 Å². The number of ether oxygens (including phenoxy) is 2. The van der Waals surface area contributed by atoms with Gasteiger partial charge in [0.15, 0.2) is 0 Å². The Morgan fingerprint density at radius 1 is 1.00 bits per heavy atom. The molecule has 3 aromatic rings. The number of halogens is 1. The highest BCUT2D eigenvalue weighted by atomic mass is 35.5. The minimum absolute atomic E-state index is 0.0185. The lowest BCUT2D eigenvalue weighted by Crippen LogP contribution is -2.21. The molecule has 162 valence electrons. The fourth-order valence-corrected chi connectivity index (χ4v) is 3.55. The Morgan fingerprint density at radius 3 is 2.29 bits per heavy atom. The smallest absolute Gasteiger partial charge is 0.419 e. The van der Waals surface area contributed by atoms with E-state index in [1.54, 1.807) is 19.1 Å². The first-order chi connectivity index (χ1) is 14.9. The summed E-state index contributed by atoms with van der Waals surface area (Å²) in [7, 11) is 0. The Bertz CT molecular complexity index is 1040. The van der Waals surface area contributed by atoms with Gasteiger partial charge in [-0.15, -0.1) is 0 Å². The van der Waals surface area contributed by atoms with Crippen LogP contribution in [-0.2, 0) is 27.3 Å². The van der Waals surface area contributed by atoms with E-state index in [2.05, 4.69) is 0 Å². The summed E-state index contributed by atoms with van der Waals surface area (Å²) in [6.45, 7) is 6.21. The monoisotopic (exact) mass is 439 g/mol. The van der Waals surface area contributed by atoms with Crippen molar-refractivity contribution in [3.8, 4) is 11.3 Å². The molecule has 0 saturated heterocycles. The highest BCUT2D eigenvalue weighted by molar-refractivity contribution is 6.30. The lowest BCUT2D eigenvalue weighted by Gasteiger charge is -2.14. The summed E-state index contributed by atoms with van der Waals surface area (Å²) in [5.41, 5.74) is 3.81. The van der Waals surface area contributed by atoms with Crippen LogP contribution in [0.5, 0.6) is 0 Å². The maximum atomic E-state index is 13.2. The molecule has 0 aliphatic rings. The van der Waals surface area contributed by atoms with E-state index < -0.39 is 6.09 Å². The van der Waals surface area contributed by atoms with Crippen LogP contribution in [-0.4, -0.2) is 23.2 Å². The second-order valence-electron chi connectivity index (χ2n) is 7.45. The molecule has 0 aliphatic heterocycles. The van der Waals surface area contributed by atoms with Crippen LogP contribution in [0.15, 0.2) is 60.7 Å². The van der Waals surface area contributed by atoms with Gasteiger partial charge >= 0.3 is 12.1 Å². The number of benzene rings is 2. The standard InChI is InChI=1S/C25H26ClNO4/c1-4-30-24(28)15-23-21(17(2)3)14-22(19-10-12-20(26)13-11-19)27(23)25(29)31-16-18-8-6-5-7-9-18/h5-14,17H,4,15-16H2,1-3H3. The van der Waals surface area contributed by atoms with E-state index in [-0.39, 0.29) is 31.5 Å². The summed E-state index contributed by atoms with van der Waals surface area (Å²) in [6, 6.07) is 18.6. The molecule has 0 spiro atoms. The maximum Gasteiger partial charge on any atom is 0.419 e. The summed E-state index contributed by atoms with van der Waals surface area (Å²) in [5, 5.41) is 0.601. The fraction of sp³-hybridized carbons (Fsp3) is 0.280. The number of aromatic nitrogens is 1. The van der Waals surface area contributed by atoms with Crippen molar-refractivity contribution in [2.75, 3.05) is 6.61 Å². The van der Waals surface area contributed by atoms with Crippen LogP contribution >= 0.6 is 11.6 Å². The predicted molar refractivity (Wildman–Crippen MR) is 121 cm³/mol. The Kier molecular flexibility index (Phi) is 7.53. The largest absolute Gasteiger partial charge is 0.466 e. The molecule has 0 saturated carbocycles. The van der Waals surface area contributed by atoms with Crippen LogP contribution in [0.2, 0.25) is 5.02 Å². The molecule has 0 N–H and O–H groups in total. The molecule has 1 aromatic heterocycles. The van der Waals surface area contributed by atoms with Gasteiger partial charge in [-0.05, 0) is 47.7 Å². The zero-order valence-corrected chi connectivity index (χ0v) is 18.7. The molecule has 3 rings (SSSR count). The first-order valence-corrected chi connectivity index (χ1v) is 10.7. The Morgan fingerprint density at radius 2 is 1.68 bits per heavy atom.